The maximum atomic E-state index is 11.6. The van der Waals surface area contributed by atoms with Crippen LogP contribution >= 0.6 is 15.9 Å². The van der Waals surface area contributed by atoms with Crippen LogP contribution in [0.4, 0.5) is 0 Å². The Morgan fingerprint density at radius 2 is 2.08 bits per heavy atom. The lowest BCUT2D eigenvalue weighted by Gasteiger charge is -2.07. The van der Waals surface area contributed by atoms with Gasteiger partial charge in [-0.3, -0.25) is 4.79 Å². The van der Waals surface area contributed by atoms with E-state index >= 15 is 0 Å². The van der Waals surface area contributed by atoms with Crippen molar-refractivity contribution in [3.8, 4) is 5.75 Å². The number of hydrogen-bond donors (Lipinski definition) is 0. The second-order valence-electron chi connectivity index (χ2n) is 2.68. The predicted octanol–water partition coefficient (Wildman–Crippen LogP) is 2.66. The number of alkyl halides is 1. The van der Waals surface area contributed by atoms with E-state index in [4.69, 9.17) is 4.74 Å². The monoisotopic (exact) mass is 242 g/mol. The molecule has 0 radical (unpaired) electrons. The minimum Gasteiger partial charge on any atom is -0.496 e. The summed E-state index contributed by atoms with van der Waals surface area (Å²) in [4.78, 5) is 11.4. The molecule has 0 aliphatic rings. The number of methoxy groups -OCH3 is 1. The van der Waals surface area contributed by atoms with Crippen LogP contribution in [0.2, 0.25) is 0 Å². The lowest BCUT2D eigenvalue weighted by Crippen LogP contribution is -2.11. The van der Waals surface area contributed by atoms with Gasteiger partial charge in [-0.05, 0) is 19.1 Å². The molecule has 0 fully saturated rings. The van der Waals surface area contributed by atoms with Crippen LogP contribution in [0.15, 0.2) is 24.3 Å². The number of para-hydroxylation sites is 1. The number of Topliss-reactive ketones (excluding diaryl/α,β-unsaturated/α-hetero) is 1. The molecular weight excluding hydrogens is 232 g/mol. The number of carbonyl (C=O) groups excluding carboxylic acids is 1. The molecule has 0 spiro atoms. The van der Waals surface area contributed by atoms with Crippen molar-refractivity contribution >= 4 is 21.7 Å². The minimum absolute atomic E-state index is 0.0393. The van der Waals surface area contributed by atoms with Crippen LogP contribution in [0.5, 0.6) is 5.75 Å². The summed E-state index contributed by atoms with van der Waals surface area (Å²) in [7, 11) is 1.56. The largest absolute Gasteiger partial charge is 0.496 e. The molecule has 0 heterocycles. The molecule has 0 saturated carbocycles. The first-order valence-corrected chi connectivity index (χ1v) is 4.89. The zero-order valence-corrected chi connectivity index (χ0v) is 9.17. The van der Waals surface area contributed by atoms with Gasteiger partial charge in [0.1, 0.15) is 5.75 Å². The molecule has 0 amide bonds. The van der Waals surface area contributed by atoms with Crippen molar-refractivity contribution in [2.45, 2.75) is 11.8 Å². The van der Waals surface area contributed by atoms with Crippen LogP contribution in [0.25, 0.3) is 0 Å². The number of rotatable bonds is 3. The van der Waals surface area contributed by atoms with Gasteiger partial charge in [-0.1, -0.05) is 28.1 Å². The molecule has 70 valence electrons. The Balaban J connectivity index is 3.06. The van der Waals surface area contributed by atoms with Gasteiger partial charge in [0.15, 0.2) is 5.78 Å². The van der Waals surface area contributed by atoms with Gasteiger partial charge in [0.25, 0.3) is 0 Å². The SMILES string of the molecule is COc1ccccc1C(=O)C(C)Br. The van der Waals surface area contributed by atoms with E-state index in [2.05, 4.69) is 15.9 Å². The van der Waals surface area contributed by atoms with Crippen molar-refractivity contribution in [1.29, 1.82) is 0 Å². The maximum Gasteiger partial charge on any atom is 0.179 e. The molecule has 0 aromatic heterocycles. The average molecular weight is 243 g/mol. The highest BCUT2D eigenvalue weighted by molar-refractivity contribution is 9.10. The number of ketones is 1. The van der Waals surface area contributed by atoms with Crippen LogP contribution in [0, 0.1) is 0 Å². The van der Waals surface area contributed by atoms with Crippen LogP contribution in [0.1, 0.15) is 17.3 Å². The summed E-state index contributed by atoms with van der Waals surface area (Å²) < 4.78 is 5.07. The third-order valence-electron chi connectivity index (χ3n) is 1.73. The highest BCUT2D eigenvalue weighted by atomic mass is 79.9. The Labute approximate surface area is 86.0 Å². The van der Waals surface area contributed by atoms with Crippen LogP contribution in [-0.2, 0) is 0 Å². The van der Waals surface area contributed by atoms with Crippen molar-refractivity contribution in [3.05, 3.63) is 29.8 Å². The molecule has 1 atom stereocenters. The van der Waals surface area contributed by atoms with Crippen LogP contribution < -0.4 is 4.74 Å². The molecule has 0 saturated heterocycles. The van der Waals surface area contributed by atoms with Gasteiger partial charge >= 0.3 is 0 Å². The topological polar surface area (TPSA) is 26.3 Å². The zero-order valence-electron chi connectivity index (χ0n) is 7.58. The Kier molecular flexibility index (Phi) is 3.48. The molecule has 0 aliphatic heterocycles. The molecule has 2 nitrogen and oxygen atoms in total. The molecule has 0 bridgehead atoms. The molecule has 13 heavy (non-hydrogen) atoms. The summed E-state index contributed by atoms with van der Waals surface area (Å²) in [6, 6.07) is 7.21. The van der Waals surface area contributed by atoms with Gasteiger partial charge in [0.05, 0.1) is 17.5 Å². The standard InChI is InChI=1S/C10H11BrO2/c1-7(11)10(12)8-5-3-4-6-9(8)13-2/h3-7H,1-2H3. The quantitative estimate of drug-likeness (QED) is 0.602. The second-order valence-corrected chi connectivity index (χ2v) is 4.05. The molecule has 1 unspecified atom stereocenters. The fourth-order valence-corrected chi connectivity index (χ4v) is 1.31. The fraction of sp³-hybridized carbons (Fsp3) is 0.300. The summed E-state index contributed by atoms with van der Waals surface area (Å²) in [5, 5.41) is 0. The molecule has 0 aliphatic carbocycles. The van der Waals surface area contributed by atoms with E-state index in [1.54, 1.807) is 26.2 Å². The van der Waals surface area contributed by atoms with E-state index in [9.17, 15) is 4.79 Å². The predicted molar refractivity (Wildman–Crippen MR) is 55.7 cm³/mol. The lowest BCUT2D eigenvalue weighted by molar-refractivity contribution is 0.0993. The van der Waals surface area contributed by atoms with E-state index in [1.165, 1.54) is 0 Å². The maximum absolute atomic E-state index is 11.6. The van der Waals surface area contributed by atoms with Gasteiger partial charge in [0, 0.05) is 0 Å². The molecule has 1 rings (SSSR count). The van der Waals surface area contributed by atoms with Gasteiger partial charge < -0.3 is 4.74 Å². The van der Waals surface area contributed by atoms with E-state index in [1.807, 2.05) is 12.1 Å². The first kappa shape index (κ1) is 10.3. The minimum atomic E-state index is -0.177. The lowest BCUT2D eigenvalue weighted by atomic mass is 10.1. The molecule has 1 aromatic carbocycles. The zero-order chi connectivity index (χ0) is 9.84. The average Bonchev–Trinajstić information content (AvgIpc) is 2.16. The second kappa shape index (κ2) is 4.42. The number of hydrogen-bond acceptors (Lipinski definition) is 2. The Morgan fingerprint density at radius 3 is 2.62 bits per heavy atom. The molecule has 1 aromatic rings. The summed E-state index contributed by atoms with van der Waals surface area (Å²) >= 11 is 3.23. The van der Waals surface area contributed by atoms with Gasteiger partial charge in [-0.15, -0.1) is 0 Å². The van der Waals surface area contributed by atoms with Crippen molar-refractivity contribution in [2.24, 2.45) is 0 Å². The summed E-state index contributed by atoms with van der Waals surface area (Å²) in [5.74, 6) is 0.663. The summed E-state index contributed by atoms with van der Waals surface area (Å²) in [5.41, 5.74) is 0.620. The van der Waals surface area contributed by atoms with Crippen molar-refractivity contribution in [2.75, 3.05) is 7.11 Å². The van der Waals surface area contributed by atoms with E-state index in [0.717, 1.165) is 0 Å². The van der Waals surface area contributed by atoms with Crippen LogP contribution in [0.3, 0.4) is 0 Å². The van der Waals surface area contributed by atoms with Gasteiger partial charge in [-0.25, -0.2) is 0 Å². The number of halogens is 1. The highest BCUT2D eigenvalue weighted by Crippen LogP contribution is 2.20. The number of benzene rings is 1. The first-order chi connectivity index (χ1) is 6.16. The van der Waals surface area contributed by atoms with E-state index < -0.39 is 0 Å². The van der Waals surface area contributed by atoms with E-state index in [-0.39, 0.29) is 10.6 Å². The normalized spacial score (nSPS) is 12.2. The van der Waals surface area contributed by atoms with Gasteiger partial charge in [-0.2, -0.15) is 0 Å². The smallest absolute Gasteiger partial charge is 0.179 e. The Morgan fingerprint density at radius 1 is 1.46 bits per heavy atom. The Hall–Kier alpha value is -0.830. The molecular formula is C10H11BrO2. The first-order valence-electron chi connectivity index (χ1n) is 3.98. The van der Waals surface area contributed by atoms with Crippen molar-refractivity contribution in [1.82, 2.24) is 0 Å². The highest BCUT2D eigenvalue weighted by Gasteiger charge is 2.15. The van der Waals surface area contributed by atoms with Crippen molar-refractivity contribution in [3.63, 3.8) is 0 Å². The summed E-state index contributed by atoms with van der Waals surface area (Å²) in [6.07, 6.45) is 0. The van der Waals surface area contributed by atoms with Crippen LogP contribution in [-0.4, -0.2) is 17.7 Å². The number of ether oxygens (including phenoxy) is 1. The van der Waals surface area contributed by atoms with Crippen molar-refractivity contribution < 1.29 is 9.53 Å². The third-order valence-corrected chi connectivity index (χ3v) is 2.15. The third kappa shape index (κ3) is 2.31. The Bertz CT molecular complexity index is 308. The van der Waals surface area contributed by atoms with Gasteiger partial charge in [0.2, 0.25) is 0 Å². The molecule has 0 N–H and O–H groups in total. The molecule has 3 heteroatoms. The van der Waals surface area contributed by atoms with E-state index in [0.29, 0.717) is 11.3 Å². The summed E-state index contributed by atoms with van der Waals surface area (Å²) in [6.45, 7) is 1.80. The number of carbonyl (C=O) groups is 1. The fourth-order valence-electron chi connectivity index (χ4n) is 1.06.